The van der Waals surface area contributed by atoms with Crippen molar-refractivity contribution in [2.45, 2.75) is 31.2 Å². The molecule has 0 spiro atoms. The van der Waals surface area contributed by atoms with E-state index < -0.39 is 9.84 Å². The fourth-order valence-corrected chi connectivity index (χ4v) is 3.48. The minimum absolute atomic E-state index is 0.337. The summed E-state index contributed by atoms with van der Waals surface area (Å²) < 4.78 is 24.1. The molecule has 1 N–H and O–H groups in total. The van der Waals surface area contributed by atoms with E-state index in [1.807, 2.05) is 12.1 Å². The van der Waals surface area contributed by atoms with Crippen LogP contribution in [0, 0.1) is 0 Å². The molecule has 1 aliphatic rings. The standard InChI is InChI=1S/C15H24N2O2S/c1-12(2)13-4-5-14(15(10-13)20(3,18)19)11-17-8-6-16-7-9-17/h4-5,10,12,16H,6-9,11H2,1-3H3. The quantitative estimate of drug-likeness (QED) is 0.917. The van der Waals surface area contributed by atoms with Crippen LogP contribution in [0.2, 0.25) is 0 Å². The molecular formula is C15H24N2O2S. The summed E-state index contributed by atoms with van der Waals surface area (Å²) >= 11 is 0. The van der Waals surface area contributed by atoms with E-state index in [4.69, 9.17) is 0 Å². The normalized spacial score (nSPS) is 17.6. The van der Waals surface area contributed by atoms with Crippen molar-refractivity contribution in [1.82, 2.24) is 10.2 Å². The molecule has 20 heavy (non-hydrogen) atoms. The first-order valence-corrected chi connectivity index (χ1v) is 9.03. The van der Waals surface area contributed by atoms with Crippen molar-refractivity contribution >= 4 is 9.84 Å². The van der Waals surface area contributed by atoms with Crippen LogP contribution in [0.1, 0.15) is 30.9 Å². The topological polar surface area (TPSA) is 49.4 Å². The first-order chi connectivity index (χ1) is 9.38. The van der Waals surface area contributed by atoms with E-state index >= 15 is 0 Å². The van der Waals surface area contributed by atoms with E-state index in [-0.39, 0.29) is 0 Å². The van der Waals surface area contributed by atoms with Gasteiger partial charge in [-0.15, -0.1) is 0 Å². The van der Waals surface area contributed by atoms with Crippen LogP contribution in [0.15, 0.2) is 23.1 Å². The highest BCUT2D eigenvalue weighted by molar-refractivity contribution is 7.90. The average molecular weight is 296 g/mol. The summed E-state index contributed by atoms with van der Waals surface area (Å²) in [4.78, 5) is 2.79. The van der Waals surface area contributed by atoms with E-state index in [1.165, 1.54) is 6.26 Å². The molecule has 1 heterocycles. The Morgan fingerprint density at radius 1 is 1.25 bits per heavy atom. The van der Waals surface area contributed by atoms with Crippen LogP contribution in [-0.4, -0.2) is 45.8 Å². The van der Waals surface area contributed by atoms with Gasteiger partial charge in [0.15, 0.2) is 9.84 Å². The summed E-state index contributed by atoms with van der Waals surface area (Å²) in [7, 11) is -3.18. The molecule has 0 aromatic heterocycles. The molecule has 1 aliphatic heterocycles. The van der Waals surface area contributed by atoms with Gasteiger partial charge in [-0.1, -0.05) is 26.0 Å². The third-order valence-corrected chi connectivity index (χ3v) is 4.94. The molecule has 0 bridgehead atoms. The van der Waals surface area contributed by atoms with E-state index in [9.17, 15) is 8.42 Å². The molecule has 2 rings (SSSR count). The van der Waals surface area contributed by atoms with E-state index in [0.717, 1.165) is 37.3 Å². The Hall–Kier alpha value is -0.910. The number of nitrogens with zero attached hydrogens (tertiary/aromatic N) is 1. The van der Waals surface area contributed by atoms with Crippen LogP contribution >= 0.6 is 0 Å². The summed E-state index contributed by atoms with van der Waals surface area (Å²) in [5, 5.41) is 3.31. The maximum Gasteiger partial charge on any atom is 0.175 e. The third-order valence-electron chi connectivity index (χ3n) is 3.76. The predicted octanol–water partition coefficient (Wildman–Crippen LogP) is 1.62. The highest BCUT2D eigenvalue weighted by atomic mass is 32.2. The zero-order chi connectivity index (χ0) is 14.8. The van der Waals surface area contributed by atoms with Crippen LogP contribution in [0.5, 0.6) is 0 Å². The fourth-order valence-electron chi connectivity index (χ4n) is 2.52. The number of rotatable bonds is 4. The molecule has 1 aromatic carbocycles. The van der Waals surface area contributed by atoms with Crippen LogP contribution in [0.3, 0.4) is 0 Å². The highest BCUT2D eigenvalue weighted by Crippen LogP contribution is 2.24. The maximum absolute atomic E-state index is 12.0. The Kier molecular flexibility index (Phi) is 4.83. The zero-order valence-electron chi connectivity index (χ0n) is 12.5. The summed E-state index contributed by atoms with van der Waals surface area (Å²) in [5.41, 5.74) is 1.99. The Morgan fingerprint density at radius 2 is 1.90 bits per heavy atom. The van der Waals surface area contributed by atoms with Gasteiger partial charge >= 0.3 is 0 Å². The van der Waals surface area contributed by atoms with Gasteiger partial charge in [-0.2, -0.15) is 0 Å². The van der Waals surface area contributed by atoms with Crippen LogP contribution in [0.25, 0.3) is 0 Å². The summed E-state index contributed by atoms with van der Waals surface area (Å²) in [6, 6.07) is 5.88. The molecule has 0 radical (unpaired) electrons. The number of sulfone groups is 1. The lowest BCUT2D eigenvalue weighted by Crippen LogP contribution is -2.43. The Bertz CT molecular complexity index is 561. The van der Waals surface area contributed by atoms with Crippen molar-refractivity contribution in [3.8, 4) is 0 Å². The van der Waals surface area contributed by atoms with Gasteiger partial charge in [-0.05, 0) is 23.1 Å². The van der Waals surface area contributed by atoms with E-state index in [2.05, 4.69) is 30.1 Å². The Morgan fingerprint density at radius 3 is 2.45 bits per heavy atom. The van der Waals surface area contributed by atoms with E-state index in [1.54, 1.807) is 0 Å². The zero-order valence-corrected chi connectivity index (χ0v) is 13.3. The second-order valence-electron chi connectivity index (χ2n) is 5.82. The average Bonchev–Trinajstić information content (AvgIpc) is 2.39. The van der Waals surface area contributed by atoms with Crippen LogP contribution in [0.4, 0.5) is 0 Å². The molecule has 0 amide bonds. The largest absolute Gasteiger partial charge is 0.314 e. The lowest BCUT2D eigenvalue weighted by atomic mass is 10.0. The molecule has 1 saturated heterocycles. The molecule has 4 nitrogen and oxygen atoms in total. The summed E-state index contributed by atoms with van der Waals surface area (Å²) in [6.07, 6.45) is 1.30. The highest BCUT2D eigenvalue weighted by Gasteiger charge is 2.18. The number of hydrogen-bond acceptors (Lipinski definition) is 4. The predicted molar refractivity (Wildman–Crippen MR) is 81.8 cm³/mol. The lowest BCUT2D eigenvalue weighted by molar-refractivity contribution is 0.231. The number of piperazine rings is 1. The molecular weight excluding hydrogens is 272 g/mol. The summed E-state index contributed by atoms with van der Waals surface area (Å²) in [6.45, 7) is 8.75. The minimum Gasteiger partial charge on any atom is -0.314 e. The van der Waals surface area contributed by atoms with Gasteiger partial charge in [0.25, 0.3) is 0 Å². The van der Waals surface area contributed by atoms with Gasteiger partial charge in [-0.25, -0.2) is 8.42 Å². The number of nitrogens with one attached hydrogen (secondary N) is 1. The second kappa shape index (κ2) is 6.24. The third kappa shape index (κ3) is 3.81. The van der Waals surface area contributed by atoms with Gasteiger partial charge in [0.05, 0.1) is 4.90 Å². The molecule has 0 saturated carbocycles. The minimum atomic E-state index is -3.18. The maximum atomic E-state index is 12.0. The summed E-state index contributed by atoms with van der Waals surface area (Å²) in [5.74, 6) is 0.337. The number of benzene rings is 1. The SMILES string of the molecule is CC(C)c1ccc(CN2CCNCC2)c(S(C)(=O)=O)c1. The van der Waals surface area contributed by atoms with Gasteiger partial charge in [0.1, 0.15) is 0 Å². The van der Waals surface area contributed by atoms with Gasteiger partial charge in [0.2, 0.25) is 0 Å². The van der Waals surface area contributed by atoms with Crippen molar-refractivity contribution < 1.29 is 8.42 Å². The molecule has 0 aliphatic carbocycles. The molecule has 1 aromatic rings. The first-order valence-electron chi connectivity index (χ1n) is 7.14. The fraction of sp³-hybridized carbons (Fsp3) is 0.600. The monoisotopic (exact) mass is 296 g/mol. The van der Waals surface area contributed by atoms with Crippen molar-refractivity contribution in [3.05, 3.63) is 29.3 Å². The molecule has 0 atom stereocenters. The second-order valence-corrected chi connectivity index (χ2v) is 7.80. The van der Waals surface area contributed by atoms with E-state index in [0.29, 0.717) is 17.4 Å². The van der Waals surface area contributed by atoms with Crippen LogP contribution < -0.4 is 5.32 Å². The van der Waals surface area contributed by atoms with Gasteiger partial charge < -0.3 is 5.32 Å². The van der Waals surface area contributed by atoms with Crippen molar-refractivity contribution in [1.29, 1.82) is 0 Å². The Balaban J connectivity index is 2.31. The first kappa shape index (κ1) is 15.5. The van der Waals surface area contributed by atoms with Crippen LogP contribution in [-0.2, 0) is 16.4 Å². The van der Waals surface area contributed by atoms with Crippen molar-refractivity contribution in [3.63, 3.8) is 0 Å². The van der Waals surface area contributed by atoms with Gasteiger partial charge in [0, 0.05) is 39.0 Å². The van der Waals surface area contributed by atoms with Crippen molar-refractivity contribution in [2.24, 2.45) is 0 Å². The van der Waals surface area contributed by atoms with Gasteiger partial charge in [-0.3, -0.25) is 4.90 Å². The Labute approximate surface area is 122 Å². The number of hydrogen-bond donors (Lipinski definition) is 1. The molecule has 112 valence electrons. The smallest absolute Gasteiger partial charge is 0.175 e. The molecule has 0 unspecified atom stereocenters. The van der Waals surface area contributed by atoms with Crippen molar-refractivity contribution in [2.75, 3.05) is 32.4 Å². The molecule has 5 heteroatoms. The lowest BCUT2D eigenvalue weighted by Gasteiger charge is -2.28. The molecule has 1 fully saturated rings.